The molecule has 5 rings (SSSR count). The Hall–Kier alpha value is -5.31. The fourth-order valence-corrected chi connectivity index (χ4v) is 8.90. The number of nitrogens with zero attached hydrogens (tertiary/aromatic N) is 4. The van der Waals surface area contributed by atoms with Gasteiger partial charge in [0.2, 0.25) is 11.8 Å². The topological polar surface area (TPSA) is 167 Å². The zero-order valence-electron chi connectivity index (χ0n) is 38.5. The number of hydrazine groups is 1. The van der Waals surface area contributed by atoms with E-state index < -0.39 is 23.4 Å². The molecule has 342 valence electrons. The number of hydrogen-bond donors (Lipinski definition) is 4. The summed E-state index contributed by atoms with van der Waals surface area (Å²) in [5.74, 6) is -1.10. The molecular weight excluding hydrogens is 799 g/mol. The van der Waals surface area contributed by atoms with Gasteiger partial charge < -0.3 is 34.7 Å². The van der Waals surface area contributed by atoms with Crippen molar-refractivity contribution in [2.45, 2.75) is 105 Å². The molecule has 0 radical (unpaired) electrons. The number of ether oxygens (including phenoxy) is 2. The number of carbonyl (C=O) groups excluding carboxylic acids is 4. The summed E-state index contributed by atoms with van der Waals surface area (Å²) < 4.78 is 13.2. The number of phenols is 1. The van der Waals surface area contributed by atoms with Crippen molar-refractivity contribution in [2.24, 2.45) is 22.2 Å². The average Bonchev–Trinajstić information content (AvgIpc) is 3.56. The summed E-state index contributed by atoms with van der Waals surface area (Å²) in [6, 6.07) is 9.71. The Morgan fingerprint density at radius 3 is 2.46 bits per heavy atom. The molecule has 3 amide bonds. The monoisotopic (exact) mass is 868 g/mol. The van der Waals surface area contributed by atoms with E-state index in [2.05, 4.69) is 65.1 Å². The van der Waals surface area contributed by atoms with Crippen LogP contribution >= 0.6 is 0 Å². The molecule has 0 spiro atoms. The minimum absolute atomic E-state index is 0.0176. The number of rotatable bonds is 20. The number of methoxy groups -OCH3 is 1. The van der Waals surface area contributed by atoms with E-state index >= 15 is 0 Å². The Kier molecular flexibility index (Phi) is 17.3. The fourth-order valence-electron chi connectivity index (χ4n) is 8.90. The van der Waals surface area contributed by atoms with Crippen molar-refractivity contribution >= 4 is 47.4 Å². The van der Waals surface area contributed by atoms with Gasteiger partial charge in [0.15, 0.2) is 0 Å². The van der Waals surface area contributed by atoms with Crippen molar-refractivity contribution in [1.82, 2.24) is 30.5 Å². The first-order chi connectivity index (χ1) is 30.1. The highest BCUT2D eigenvalue weighted by Crippen LogP contribution is 2.37. The lowest BCUT2D eigenvalue weighted by atomic mass is 9.85. The number of amides is 3. The predicted molar refractivity (Wildman–Crippen MR) is 249 cm³/mol. The van der Waals surface area contributed by atoms with Gasteiger partial charge in [-0.15, -0.1) is 0 Å². The number of phenolic OH excluding ortho intramolecular Hbond substituents is 1. The summed E-state index contributed by atoms with van der Waals surface area (Å²) in [7, 11) is 3.33. The van der Waals surface area contributed by atoms with Crippen molar-refractivity contribution in [3.63, 3.8) is 0 Å². The second-order valence-electron chi connectivity index (χ2n) is 18.0. The number of allylic oxidation sites excluding steroid dienone is 1. The van der Waals surface area contributed by atoms with E-state index in [9.17, 15) is 24.3 Å². The molecule has 63 heavy (non-hydrogen) atoms. The molecule has 3 heterocycles. The van der Waals surface area contributed by atoms with Crippen molar-refractivity contribution in [1.29, 1.82) is 0 Å². The number of benzene rings is 2. The second kappa shape index (κ2) is 22.4. The lowest BCUT2D eigenvalue weighted by Crippen LogP contribution is -2.60. The Morgan fingerprint density at radius 2 is 1.83 bits per heavy atom. The van der Waals surface area contributed by atoms with Gasteiger partial charge in [-0.1, -0.05) is 52.5 Å². The zero-order chi connectivity index (χ0) is 45.8. The van der Waals surface area contributed by atoms with Gasteiger partial charge in [-0.2, -0.15) is 0 Å². The van der Waals surface area contributed by atoms with Gasteiger partial charge in [-0.3, -0.25) is 29.2 Å². The van der Waals surface area contributed by atoms with Crippen LogP contribution in [0.2, 0.25) is 0 Å². The molecule has 2 saturated heterocycles. The molecule has 3 atom stereocenters. The molecule has 3 unspecified atom stereocenters. The molecule has 2 aromatic carbocycles. The number of hydrogen-bond acceptors (Lipinski definition) is 10. The van der Waals surface area contributed by atoms with E-state index in [-0.39, 0.29) is 48.5 Å². The number of aromatic hydroxyl groups is 1. The summed E-state index contributed by atoms with van der Waals surface area (Å²) >= 11 is 0. The van der Waals surface area contributed by atoms with Gasteiger partial charge in [0.05, 0.1) is 18.4 Å². The number of fused-ring (bicyclic) bond motifs is 1. The standard InChI is InChI=1S/C49H69N7O7/c1-10-18-51-41(33(5)62-9)28-44-40(29-49(6,7)30-63-31-57)39-27-36(14-15-43(39)55(44)11-2)37-23-34(24-38(58)26-37)25-42(48(61)56-22-13-12-19-52-56)53-46(59)45(32(3)4)54(8)47(60)35-16-20-50-21-17-35/h10,14-15,18,23-24,26-28,31-33,35,42,45,50,52,58H,1,11-13,16-17,19-22,25,29-30H2,2-9H3,(H,53,59)/b41-28+,51-18?. The lowest BCUT2D eigenvalue weighted by Gasteiger charge is -2.36. The molecule has 2 aliphatic heterocycles. The van der Waals surface area contributed by atoms with Crippen LogP contribution in [-0.4, -0.2) is 115 Å². The van der Waals surface area contributed by atoms with Crippen molar-refractivity contribution in [3.05, 3.63) is 71.6 Å². The van der Waals surface area contributed by atoms with Crippen molar-refractivity contribution < 1.29 is 33.8 Å². The first-order valence-electron chi connectivity index (χ1n) is 22.4. The van der Waals surface area contributed by atoms with Crippen LogP contribution in [0.3, 0.4) is 0 Å². The van der Waals surface area contributed by atoms with Crippen molar-refractivity contribution in [2.75, 3.05) is 46.9 Å². The summed E-state index contributed by atoms with van der Waals surface area (Å²) in [5, 5.41) is 20.2. The third-order valence-electron chi connectivity index (χ3n) is 12.2. The molecule has 14 nitrogen and oxygen atoms in total. The number of aliphatic imine (C=N–C) groups is 1. The summed E-state index contributed by atoms with van der Waals surface area (Å²) in [5.41, 5.74) is 8.69. The van der Waals surface area contributed by atoms with Crippen LogP contribution in [0, 0.1) is 17.3 Å². The van der Waals surface area contributed by atoms with Gasteiger partial charge in [-0.05, 0) is 118 Å². The Morgan fingerprint density at radius 1 is 1.08 bits per heavy atom. The number of nitrogens with one attached hydrogen (secondary N) is 3. The first kappa shape index (κ1) is 48.7. The van der Waals surface area contributed by atoms with Crippen LogP contribution in [0.1, 0.15) is 84.0 Å². The maximum absolute atomic E-state index is 14.3. The summed E-state index contributed by atoms with van der Waals surface area (Å²) in [6.45, 7) is 19.8. The maximum atomic E-state index is 14.3. The SMILES string of the molecule is C=CC=N/C(=C/c1c(CC(C)(C)COC=O)c2cc(-c3cc(O)cc(CC(NC(=O)C(C(C)C)N(C)C(=O)C4CCNCC4)C(=O)N4CCCCN4)c3)ccc2n1CC)C(C)OC. The number of aryl methyl sites for hydroxylation is 1. The van der Waals surface area contributed by atoms with Crippen LogP contribution < -0.4 is 16.1 Å². The van der Waals surface area contributed by atoms with Gasteiger partial charge in [-0.25, -0.2) is 5.43 Å². The van der Waals surface area contributed by atoms with E-state index in [1.807, 2.05) is 39.0 Å². The molecule has 0 bridgehead atoms. The van der Waals surface area contributed by atoms with E-state index in [1.165, 1.54) is 0 Å². The van der Waals surface area contributed by atoms with E-state index in [4.69, 9.17) is 9.47 Å². The van der Waals surface area contributed by atoms with Gasteiger partial charge in [0, 0.05) is 74.4 Å². The molecular formula is C49H69N7O7. The van der Waals surface area contributed by atoms with Crippen LogP contribution in [-0.2, 0) is 48.0 Å². The molecule has 4 N–H and O–H groups in total. The molecule has 14 heteroatoms. The van der Waals surface area contributed by atoms with Crippen LogP contribution in [0.15, 0.2) is 59.7 Å². The molecule has 3 aromatic rings. The largest absolute Gasteiger partial charge is 0.508 e. The quantitative estimate of drug-likeness (QED) is 0.0782. The average molecular weight is 868 g/mol. The second-order valence-corrected chi connectivity index (χ2v) is 18.0. The number of carbonyl (C=O) groups is 4. The van der Waals surface area contributed by atoms with Gasteiger partial charge in [0.25, 0.3) is 12.4 Å². The normalized spacial score (nSPS) is 16.8. The highest BCUT2D eigenvalue weighted by atomic mass is 16.5. The van der Waals surface area contributed by atoms with Crippen LogP contribution in [0.4, 0.5) is 0 Å². The van der Waals surface area contributed by atoms with E-state index in [0.717, 1.165) is 59.2 Å². The van der Waals surface area contributed by atoms with Crippen molar-refractivity contribution in [3.8, 4) is 16.9 Å². The third kappa shape index (κ3) is 12.2. The van der Waals surface area contributed by atoms with E-state index in [0.29, 0.717) is 56.6 Å². The van der Waals surface area contributed by atoms with E-state index in [1.54, 1.807) is 48.5 Å². The molecule has 0 aliphatic carbocycles. The molecule has 2 fully saturated rings. The zero-order valence-corrected chi connectivity index (χ0v) is 38.5. The smallest absolute Gasteiger partial charge is 0.293 e. The Balaban J connectivity index is 1.57. The van der Waals surface area contributed by atoms with Gasteiger partial charge in [0.1, 0.15) is 17.8 Å². The lowest BCUT2D eigenvalue weighted by molar-refractivity contribution is -0.146. The Bertz CT molecular complexity index is 2150. The van der Waals surface area contributed by atoms with Crippen LogP contribution in [0.5, 0.6) is 5.75 Å². The highest BCUT2D eigenvalue weighted by molar-refractivity contribution is 5.94. The molecule has 1 aromatic heterocycles. The summed E-state index contributed by atoms with van der Waals surface area (Å²) in [6.07, 6.45) is 8.85. The molecule has 2 aliphatic rings. The third-order valence-corrected chi connectivity index (χ3v) is 12.2. The summed E-state index contributed by atoms with van der Waals surface area (Å²) in [4.78, 5) is 59.8. The first-order valence-corrected chi connectivity index (χ1v) is 22.4. The van der Waals surface area contributed by atoms with Crippen LogP contribution in [0.25, 0.3) is 28.1 Å². The minimum Gasteiger partial charge on any atom is -0.508 e. The number of likely N-dealkylation sites (N-methyl/N-ethyl adjacent to an activating group) is 1. The maximum Gasteiger partial charge on any atom is 0.293 e. The van der Waals surface area contributed by atoms with Gasteiger partial charge >= 0.3 is 0 Å². The number of aromatic nitrogens is 1. The number of piperidine rings is 1. The molecule has 0 saturated carbocycles. The minimum atomic E-state index is -0.980. The highest BCUT2D eigenvalue weighted by Gasteiger charge is 2.37. The Labute approximate surface area is 373 Å². The fraction of sp³-hybridized carbons (Fsp3) is 0.531. The predicted octanol–water partition coefficient (Wildman–Crippen LogP) is 6.05.